The molecular formula is C19H18BrN5O2. The molecule has 1 aromatic carbocycles. The van der Waals surface area contributed by atoms with E-state index in [0.717, 1.165) is 23.9 Å². The number of nitrogens with one attached hydrogen (secondary N) is 1. The molecule has 0 spiro atoms. The molecule has 1 aliphatic rings. The number of pyridine rings is 1. The number of aryl methyl sites for hydroxylation is 1. The van der Waals surface area contributed by atoms with E-state index in [9.17, 15) is 4.79 Å². The summed E-state index contributed by atoms with van der Waals surface area (Å²) < 4.78 is 8.83. The smallest absolute Gasteiger partial charge is 0.260 e. The Morgan fingerprint density at radius 2 is 2.19 bits per heavy atom. The summed E-state index contributed by atoms with van der Waals surface area (Å²) in [5.41, 5.74) is 1.13. The molecule has 3 aromatic rings. The van der Waals surface area contributed by atoms with Crippen LogP contribution in [0.5, 0.6) is 5.75 Å². The van der Waals surface area contributed by atoms with E-state index in [1.807, 2.05) is 35.8 Å². The van der Waals surface area contributed by atoms with Crippen molar-refractivity contribution in [1.29, 1.82) is 0 Å². The molecule has 138 valence electrons. The van der Waals surface area contributed by atoms with Crippen LogP contribution < -0.4 is 10.1 Å². The Morgan fingerprint density at radius 3 is 3.07 bits per heavy atom. The molecule has 0 saturated heterocycles. The monoisotopic (exact) mass is 427 g/mol. The lowest BCUT2D eigenvalue weighted by Crippen LogP contribution is -2.19. The van der Waals surface area contributed by atoms with Crippen molar-refractivity contribution in [2.45, 2.75) is 32.4 Å². The minimum Gasteiger partial charge on any atom is -0.490 e. The average molecular weight is 428 g/mol. The van der Waals surface area contributed by atoms with Gasteiger partial charge in [-0.1, -0.05) is 22.0 Å². The summed E-state index contributed by atoms with van der Waals surface area (Å²) in [5.74, 6) is 1.41. The summed E-state index contributed by atoms with van der Waals surface area (Å²) in [6.45, 7) is 2.77. The lowest BCUT2D eigenvalue weighted by molar-refractivity contribution is 0.101. The van der Waals surface area contributed by atoms with Crippen LogP contribution in [0.25, 0.3) is 11.5 Å². The first-order chi connectivity index (χ1) is 13.1. The molecule has 8 heteroatoms. The molecular weight excluding hydrogens is 410 g/mol. The number of benzene rings is 1. The predicted molar refractivity (Wildman–Crippen MR) is 105 cm³/mol. The molecule has 0 unspecified atom stereocenters. The average Bonchev–Trinajstić information content (AvgIpc) is 3.11. The fourth-order valence-corrected chi connectivity index (χ4v) is 3.40. The first kappa shape index (κ1) is 17.7. The van der Waals surface area contributed by atoms with Gasteiger partial charge in [0.05, 0.1) is 11.7 Å². The Hall–Kier alpha value is -2.74. The maximum absolute atomic E-state index is 12.9. The second-order valence-corrected chi connectivity index (χ2v) is 7.34. The predicted octanol–water partition coefficient (Wildman–Crippen LogP) is 3.92. The van der Waals surface area contributed by atoms with E-state index in [-0.39, 0.29) is 12.0 Å². The maximum atomic E-state index is 12.9. The fraction of sp³-hybridized carbons (Fsp3) is 0.263. The number of ether oxygens (including phenoxy) is 1. The molecule has 1 atom stereocenters. The van der Waals surface area contributed by atoms with Gasteiger partial charge in [-0.25, -0.2) is 4.98 Å². The van der Waals surface area contributed by atoms with Gasteiger partial charge in [-0.15, -0.1) is 10.2 Å². The Kier molecular flexibility index (Phi) is 4.89. The highest BCUT2D eigenvalue weighted by molar-refractivity contribution is 9.10. The number of hydrogen-bond acceptors (Lipinski definition) is 5. The zero-order chi connectivity index (χ0) is 18.8. The summed E-state index contributed by atoms with van der Waals surface area (Å²) >= 11 is 3.42. The Morgan fingerprint density at radius 1 is 1.30 bits per heavy atom. The number of nitrogens with zero attached hydrogens (tertiary/aromatic N) is 4. The number of anilines is 1. The van der Waals surface area contributed by atoms with Crippen LogP contribution in [0.1, 0.15) is 30.1 Å². The number of hydrogen-bond donors (Lipinski definition) is 1. The van der Waals surface area contributed by atoms with Gasteiger partial charge in [0.1, 0.15) is 23.6 Å². The van der Waals surface area contributed by atoms with Crippen LogP contribution >= 0.6 is 15.9 Å². The number of halogens is 1. The molecule has 27 heavy (non-hydrogen) atoms. The molecule has 4 rings (SSSR count). The summed E-state index contributed by atoms with van der Waals surface area (Å²) in [7, 11) is 0. The zero-order valence-electron chi connectivity index (χ0n) is 14.7. The van der Waals surface area contributed by atoms with Gasteiger partial charge in [0, 0.05) is 11.0 Å². The second kappa shape index (κ2) is 7.48. The number of carbonyl (C=O) groups excluding carboxylic acids is 1. The quantitative estimate of drug-likeness (QED) is 0.587. The number of aromatic nitrogens is 4. The Labute approximate surface area is 164 Å². The van der Waals surface area contributed by atoms with Gasteiger partial charge in [0.15, 0.2) is 5.82 Å². The molecule has 0 aliphatic carbocycles. The van der Waals surface area contributed by atoms with Crippen molar-refractivity contribution in [2.75, 3.05) is 5.32 Å². The fourth-order valence-electron chi connectivity index (χ4n) is 3.04. The van der Waals surface area contributed by atoms with Gasteiger partial charge in [-0.3, -0.25) is 4.79 Å². The number of carbonyl (C=O) groups is 1. The van der Waals surface area contributed by atoms with Gasteiger partial charge >= 0.3 is 0 Å². The molecule has 2 bridgehead atoms. The van der Waals surface area contributed by atoms with Gasteiger partial charge in [0.25, 0.3) is 5.91 Å². The molecule has 1 N–H and O–H groups in total. The SMILES string of the molecule is C[C@@H]1CCCn2cnnc2-c2cccc(n2)NC(=O)c2cc(Br)ccc2O1. The molecule has 0 fully saturated rings. The van der Waals surface area contributed by atoms with E-state index in [1.54, 1.807) is 18.5 Å². The molecule has 7 nitrogen and oxygen atoms in total. The topological polar surface area (TPSA) is 81.9 Å². The minimum atomic E-state index is -0.276. The van der Waals surface area contributed by atoms with Crippen LogP contribution in [-0.2, 0) is 6.54 Å². The van der Waals surface area contributed by atoms with Crippen molar-refractivity contribution in [1.82, 2.24) is 19.7 Å². The molecule has 3 heterocycles. The van der Waals surface area contributed by atoms with E-state index in [0.29, 0.717) is 28.6 Å². The normalized spacial score (nSPS) is 17.1. The third-order valence-electron chi connectivity index (χ3n) is 4.36. The second-order valence-electron chi connectivity index (χ2n) is 6.42. The van der Waals surface area contributed by atoms with Crippen molar-refractivity contribution < 1.29 is 9.53 Å². The third kappa shape index (κ3) is 3.85. The van der Waals surface area contributed by atoms with Crippen LogP contribution in [0.2, 0.25) is 0 Å². The van der Waals surface area contributed by atoms with E-state index in [2.05, 4.69) is 36.4 Å². The lowest BCUT2D eigenvalue weighted by atomic mass is 10.1. The molecule has 0 saturated carbocycles. The van der Waals surface area contributed by atoms with Crippen LogP contribution in [0, 0.1) is 0 Å². The summed E-state index contributed by atoms with van der Waals surface area (Å²) in [6, 6.07) is 10.9. The van der Waals surface area contributed by atoms with E-state index >= 15 is 0 Å². The van der Waals surface area contributed by atoms with Gasteiger partial charge in [-0.05, 0) is 50.1 Å². The van der Waals surface area contributed by atoms with Gasteiger partial charge in [0.2, 0.25) is 0 Å². The molecule has 1 aliphatic heterocycles. The number of amides is 1. The third-order valence-corrected chi connectivity index (χ3v) is 4.85. The Bertz CT molecular complexity index is 988. The molecule has 0 radical (unpaired) electrons. The summed E-state index contributed by atoms with van der Waals surface area (Å²) in [6.07, 6.45) is 3.40. The Balaban J connectivity index is 1.76. The van der Waals surface area contributed by atoms with E-state index in [1.165, 1.54) is 0 Å². The van der Waals surface area contributed by atoms with Crippen LogP contribution in [0.15, 0.2) is 47.2 Å². The van der Waals surface area contributed by atoms with E-state index in [4.69, 9.17) is 4.74 Å². The first-order valence-corrected chi connectivity index (χ1v) is 9.52. The molecule has 2 aromatic heterocycles. The van der Waals surface area contributed by atoms with Crippen molar-refractivity contribution in [3.8, 4) is 17.3 Å². The molecule has 1 amide bonds. The zero-order valence-corrected chi connectivity index (χ0v) is 16.3. The lowest BCUT2D eigenvalue weighted by Gasteiger charge is -2.18. The highest BCUT2D eigenvalue weighted by Crippen LogP contribution is 2.27. The van der Waals surface area contributed by atoms with Crippen LogP contribution in [0.3, 0.4) is 0 Å². The number of fused-ring (bicyclic) bond motifs is 5. The van der Waals surface area contributed by atoms with Crippen molar-refractivity contribution in [3.05, 3.63) is 52.8 Å². The summed E-state index contributed by atoms with van der Waals surface area (Å²) in [4.78, 5) is 17.4. The van der Waals surface area contributed by atoms with Crippen LogP contribution in [0.4, 0.5) is 5.82 Å². The van der Waals surface area contributed by atoms with Crippen molar-refractivity contribution in [2.24, 2.45) is 0 Å². The first-order valence-electron chi connectivity index (χ1n) is 8.73. The van der Waals surface area contributed by atoms with Gasteiger partial charge in [-0.2, -0.15) is 0 Å². The summed E-state index contributed by atoms with van der Waals surface area (Å²) in [5, 5.41) is 11.0. The van der Waals surface area contributed by atoms with Gasteiger partial charge < -0.3 is 14.6 Å². The maximum Gasteiger partial charge on any atom is 0.260 e. The van der Waals surface area contributed by atoms with Crippen molar-refractivity contribution >= 4 is 27.7 Å². The number of rotatable bonds is 0. The largest absolute Gasteiger partial charge is 0.490 e. The standard InChI is InChI=1S/C19H18BrN5O2/c1-12-4-3-9-25-11-21-24-18(25)15-5-2-6-17(22-15)23-19(26)14-10-13(20)7-8-16(14)27-12/h2,5-8,10-12H,3-4,9H2,1H3,(H,22,23,26)/t12-/m1/s1. The minimum absolute atomic E-state index is 0.0310. The van der Waals surface area contributed by atoms with E-state index < -0.39 is 0 Å². The highest BCUT2D eigenvalue weighted by Gasteiger charge is 2.18. The van der Waals surface area contributed by atoms with Crippen LogP contribution in [-0.4, -0.2) is 31.8 Å². The highest BCUT2D eigenvalue weighted by atomic mass is 79.9. The van der Waals surface area contributed by atoms with Crippen molar-refractivity contribution in [3.63, 3.8) is 0 Å².